The van der Waals surface area contributed by atoms with Gasteiger partial charge in [0.25, 0.3) is 5.91 Å². The first-order valence-corrected chi connectivity index (χ1v) is 9.29. The smallest absolute Gasteiger partial charge is 0.409 e. The van der Waals surface area contributed by atoms with Gasteiger partial charge in [0.2, 0.25) is 0 Å². The number of benzene rings is 1. The summed E-state index contributed by atoms with van der Waals surface area (Å²) in [5.41, 5.74) is 3.10. The molecule has 8 heteroatoms. The summed E-state index contributed by atoms with van der Waals surface area (Å²) in [5.74, 6) is -0.284. The molecular formula is C20H24N4O4. The van der Waals surface area contributed by atoms with Crippen molar-refractivity contribution < 1.29 is 14.3 Å². The van der Waals surface area contributed by atoms with E-state index in [1.54, 1.807) is 22.8 Å². The maximum absolute atomic E-state index is 12.9. The van der Waals surface area contributed by atoms with Gasteiger partial charge in [-0.25, -0.2) is 9.59 Å². The molecule has 1 N–H and O–H groups in total. The van der Waals surface area contributed by atoms with Crippen molar-refractivity contribution in [1.82, 2.24) is 19.8 Å². The Morgan fingerprint density at radius 2 is 1.75 bits per heavy atom. The van der Waals surface area contributed by atoms with E-state index in [0.29, 0.717) is 38.5 Å². The minimum absolute atomic E-state index is 0.192. The summed E-state index contributed by atoms with van der Waals surface area (Å²) in [6.07, 6.45) is -0.371. The number of hydrogen-bond acceptors (Lipinski definition) is 5. The van der Waals surface area contributed by atoms with Crippen molar-refractivity contribution in [1.29, 1.82) is 0 Å². The number of nitrogens with one attached hydrogen (secondary N) is 1. The highest BCUT2D eigenvalue weighted by Gasteiger charge is 2.26. The SMILES string of the molecule is CCOC(=O)N1CCN(C(=O)c2cc(-c3ccc(C)c(C)c3)nc(=O)[nH]2)CC1. The third-order valence-electron chi connectivity index (χ3n) is 4.87. The van der Waals surface area contributed by atoms with Crippen LogP contribution in [0.15, 0.2) is 29.1 Å². The lowest BCUT2D eigenvalue weighted by molar-refractivity contribution is 0.0565. The quantitative estimate of drug-likeness (QED) is 0.873. The lowest BCUT2D eigenvalue weighted by Crippen LogP contribution is -2.51. The average Bonchev–Trinajstić information content (AvgIpc) is 2.69. The summed E-state index contributed by atoms with van der Waals surface area (Å²) in [5, 5.41) is 0. The van der Waals surface area contributed by atoms with Gasteiger partial charge in [0, 0.05) is 31.7 Å². The molecule has 0 saturated carbocycles. The second-order valence-electron chi connectivity index (χ2n) is 6.76. The van der Waals surface area contributed by atoms with E-state index in [-0.39, 0.29) is 17.7 Å². The predicted molar refractivity (Wildman–Crippen MR) is 104 cm³/mol. The minimum atomic E-state index is -0.566. The zero-order valence-electron chi connectivity index (χ0n) is 16.3. The molecule has 0 bridgehead atoms. The molecule has 1 saturated heterocycles. The molecular weight excluding hydrogens is 360 g/mol. The third-order valence-corrected chi connectivity index (χ3v) is 4.87. The van der Waals surface area contributed by atoms with E-state index in [1.165, 1.54) is 0 Å². The second kappa shape index (κ2) is 8.24. The van der Waals surface area contributed by atoms with Gasteiger partial charge in [-0.15, -0.1) is 0 Å². The molecule has 1 aliphatic rings. The monoisotopic (exact) mass is 384 g/mol. The number of amides is 2. The van der Waals surface area contributed by atoms with Gasteiger partial charge in [0.15, 0.2) is 0 Å². The van der Waals surface area contributed by atoms with Crippen LogP contribution >= 0.6 is 0 Å². The van der Waals surface area contributed by atoms with Crippen molar-refractivity contribution in [2.75, 3.05) is 32.8 Å². The molecule has 2 heterocycles. The Kier molecular flexibility index (Phi) is 5.77. The number of aromatic amines is 1. The maximum Gasteiger partial charge on any atom is 0.409 e. The van der Waals surface area contributed by atoms with E-state index >= 15 is 0 Å². The van der Waals surface area contributed by atoms with Crippen molar-refractivity contribution in [3.05, 3.63) is 51.6 Å². The predicted octanol–water partition coefficient (Wildman–Crippen LogP) is 1.97. The van der Waals surface area contributed by atoms with Crippen molar-refractivity contribution in [2.24, 2.45) is 0 Å². The molecule has 2 aromatic rings. The summed E-state index contributed by atoms with van der Waals surface area (Å²) < 4.78 is 4.99. The first-order valence-electron chi connectivity index (χ1n) is 9.29. The van der Waals surface area contributed by atoms with E-state index in [2.05, 4.69) is 9.97 Å². The van der Waals surface area contributed by atoms with Crippen LogP contribution in [0.5, 0.6) is 0 Å². The van der Waals surface area contributed by atoms with Gasteiger partial charge in [-0.1, -0.05) is 12.1 Å². The number of rotatable bonds is 3. The van der Waals surface area contributed by atoms with Crippen LogP contribution in [-0.2, 0) is 4.74 Å². The largest absolute Gasteiger partial charge is 0.450 e. The number of aromatic nitrogens is 2. The molecule has 28 heavy (non-hydrogen) atoms. The molecule has 1 aromatic carbocycles. The standard InChI is InChI=1S/C20H24N4O4/c1-4-28-20(27)24-9-7-23(8-10-24)18(25)17-12-16(21-19(26)22-17)15-6-5-13(2)14(3)11-15/h5-6,11-12H,4,7-10H2,1-3H3,(H,21,22,26). The molecule has 3 rings (SSSR count). The van der Waals surface area contributed by atoms with Crippen molar-refractivity contribution in [3.63, 3.8) is 0 Å². The third kappa shape index (κ3) is 4.21. The zero-order chi connectivity index (χ0) is 20.3. The molecule has 0 aliphatic carbocycles. The summed E-state index contributed by atoms with van der Waals surface area (Å²) in [4.78, 5) is 46.4. The van der Waals surface area contributed by atoms with E-state index in [0.717, 1.165) is 16.7 Å². The summed E-state index contributed by atoms with van der Waals surface area (Å²) >= 11 is 0. The molecule has 1 fully saturated rings. The van der Waals surface area contributed by atoms with Crippen LogP contribution in [0, 0.1) is 13.8 Å². The van der Waals surface area contributed by atoms with E-state index < -0.39 is 5.69 Å². The summed E-state index contributed by atoms with van der Waals surface area (Å²) in [7, 11) is 0. The Balaban J connectivity index is 1.78. The first kappa shape index (κ1) is 19.6. The Morgan fingerprint density at radius 1 is 1.07 bits per heavy atom. The fraction of sp³-hybridized carbons (Fsp3) is 0.400. The normalized spacial score (nSPS) is 14.1. The van der Waals surface area contributed by atoms with Gasteiger partial charge < -0.3 is 19.5 Å². The topological polar surface area (TPSA) is 95.6 Å². The Morgan fingerprint density at radius 3 is 2.39 bits per heavy atom. The van der Waals surface area contributed by atoms with Gasteiger partial charge in [-0.3, -0.25) is 4.79 Å². The van der Waals surface area contributed by atoms with Gasteiger partial charge in [-0.05, 0) is 44.0 Å². The Hall–Kier alpha value is -3.16. The van der Waals surface area contributed by atoms with Crippen LogP contribution in [0.4, 0.5) is 4.79 Å². The van der Waals surface area contributed by atoms with E-state index in [1.807, 2.05) is 32.0 Å². The highest BCUT2D eigenvalue weighted by molar-refractivity contribution is 5.93. The number of carbonyl (C=O) groups is 2. The van der Waals surface area contributed by atoms with Gasteiger partial charge >= 0.3 is 11.8 Å². The fourth-order valence-corrected chi connectivity index (χ4v) is 3.10. The molecule has 0 unspecified atom stereocenters. The van der Waals surface area contributed by atoms with Crippen LogP contribution < -0.4 is 5.69 Å². The zero-order valence-corrected chi connectivity index (χ0v) is 16.3. The highest BCUT2D eigenvalue weighted by Crippen LogP contribution is 2.20. The first-order chi connectivity index (χ1) is 13.4. The van der Waals surface area contributed by atoms with Crippen molar-refractivity contribution in [3.8, 4) is 11.3 Å². The van der Waals surface area contributed by atoms with Gasteiger partial charge in [0.05, 0.1) is 12.3 Å². The molecule has 0 spiro atoms. The van der Waals surface area contributed by atoms with Crippen LogP contribution in [0.2, 0.25) is 0 Å². The molecule has 1 aromatic heterocycles. The molecule has 2 amide bonds. The van der Waals surface area contributed by atoms with Crippen molar-refractivity contribution >= 4 is 12.0 Å². The van der Waals surface area contributed by atoms with E-state index in [9.17, 15) is 14.4 Å². The van der Waals surface area contributed by atoms with E-state index in [4.69, 9.17) is 4.74 Å². The Bertz CT molecular complexity index is 945. The second-order valence-corrected chi connectivity index (χ2v) is 6.76. The van der Waals surface area contributed by atoms with Crippen molar-refractivity contribution in [2.45, 2.75) is 20.8 Å². The number of H-pyrrole nitrogens is 1. The van der Waals surface area contributed by atoms with Gasteiger partial charge in [-0.2, -0.15) is 4.98 Å². The maximum atomic E-state index is 12.9. The lowest BCUT2D eigenvalue weighted by atomic mass is 10.0. The lowest BCUT2D eigenvalue weighted by Gasteiger charge is -2.33. The highest BCUT2D eigenvalue weighted by atomic mass is 16.6. The molecule has 0 atom stereocenters. The average molecular weight is 384 g/mol. The number of aryl methyl sites for hydroxylation is 2. The van der Waals surface area contributed by atoms with Gasteiger partial charge in [0.1, 0.15) is 5.69 Å². The molecule has 148 valence electrons. The molecule has 0 radical (unpaired) electrons. The summed E-state index contributed by atoms with van der Waals surface area (Å²) in [6, 6.07) is 7.40. The van der Waals surface area contributed by atoms with Crippen LogP contribution in [0.1, 0.15) is 28.5 Å². The van der Waals surface area contributed by atoms with Crippen LogP contribution in [-0.4, -0.2) is 64.6 Å². The minimum Gasteiger partial charge on any atom is -0.450 e. The molecule has 8 nitrogen and oxygen atoms in total. The number of piperazine rings is 1. The summed E-state index contributed by atoms with van der Waals surface area (Å²) in [6.45, 7) is 7.61. The molecule has 1 aliphatic heterocycles. The van der Waals surface area contributed by atoms with Crippen LogP contribution in [0.25, 0.3) is 11.3 Å². The fourth-order valence-electron chi connectivity index (χ4n) is 3.10. The number of carbonyl (C=O) groups excluding carboxylic acids is 2. The number of ether oxygens (including phenoxy) is 1. The number of nitrogens with zero attached hydrogens (tertiary/aromatic N) is 3. The number of hydrogen-bond donors (Lipinski definition) is 1. The van der Waals surface area contributed by atoms with Crippen LogP contribution in [0.3, 0.4) is 0 Å². The Labute approximate surface area is 163 Å².